The quantitative estimate of drug-likeness (QED) is 0.0403. The van der Waals surface area contributed by atoms with Gasteiger partial charge < -0.3 is 25.7 Å². The minimum absolute atomic E-state index is 0.345. The van der Waals surface area contributed by atoms with E-state index in [1.165, 1.54) is 70.6 Å². The predicted molar refractivity (Wildman–Crippen MR) is 182 cm³/mol. The highest BCUT2D eigenvalue weighted by Crippen LogP contribution is 2.13. The number of hydrogen-bond donors (Lipinski definition) is 5. The fraction of sp³-hybridized carbons (Fsp3) is 0.811. The molecule has 0 aromatic rings. The van der Waals surface area contributed by atoms with Crippen molar-refractivity contribution in [2.45, 2.75) is 186 Å². The van der Waals surface area contributed by atoms with Crippen LogP contribution in [0.1, 0.15) is 162 Å². The van der Waals surface area contributed by atoms with Gasteiger partial charge in [0.15, 0.2) is 0 Å². The van der Waals surface area contributed by atoms with E-state index in [9.17, 15) is 25.2 Å². The molecule has 0 aliphatic rings. The molecule has 0 rings (SSSR count). The molecule has 0 spiro atoms. The van der Waals surface area contributed by atoms with Gasteiger partial charge in [0.1, 0.15) is 12.2 Å². The van der Waals surface area contributed by atoms with Gasteiger partial charge in [-0.15, -0.1) is 0 Å². The molecule has 0 radical (unpaired) electrons. The molecule has 0 bridgehead atoms. The summed E-state index contributed by atoms with van der Waals surface area (Å²) < 4.78 is 0. The number of hydrogen-bond acceptors (Lipinski definition) is 5. The van der Waals surface area contributed by atoms with Gasteiger partial charge in [0.2, 0.25) is 5.91 Å². The van der Waals surface area contributed by atoms with E-state index in [2.05, 4.69) is 55.6 Å². The summed E-state index contributed by atoms with van der Waals surface area (Å²) in [5.74, 6) is -0.611. The van der Waals surface area contributed by atoms with Crippen LogP contribution in [-0.4, -0.2) is 57.3 Å². The third-order valence-corrected chi connectivity index (χ3v) is 8.03. The number of aliphatic hydroxyl groups excluding tert-OH is 4. The number of carbonyl (C=O) groups excluding carboxylic acids is 1. The summed E-state index contributed by atoms with van der Waals surface area (Å²) in [5, 5.41) is 43.2. The lowest BCUT2D eigenvalue weighted by atomic mass is 10.00. The van der Waals surface area contributed by atoms with Gasteiger partial charge >= 0.3 is 0 Å². The van der Waals surface area contributed by atoms with Crippen LogP contribution >= 0.6 is 0 Å². The molecule has 0 aliphatic heterocycles. The maximum absolute atomic E-state index is 12.4. The predicted octanol–water partition coefficient (Wildman–Crippen LogP) is 8.23. The monoisotopic (exact) mass is 608 g/mol. The second kappa shape index (κ2) is 31.9. The Morgan fingerprint density at radius 2 is 1.02 bits per heavy atom. The molecule has 43 heavy (non-hydrogen) atoms. The molecule has 4 unspecified atom stereocenters. The summed E-state index contributed by atoms with van der Waals surface area (Å²) >= 11 is 0. The fourth-order valence-corrected chi connectivity index (χ4v) is 5.13. The maximum Gasteiger partial charge on any atom is 0.249 e. The van der Waals surface area contributed by atoms with Crippen molar-refractivity contribution < 1.29 is 25.2 Å². The normalized spacial score (nSPS) is 15.0. The van der Waals surface area contributed by atoms with Gasteiger partial charge in [-0.2, -0.15) is 0 Å². The first-order valence-electron chi connectivity index (χ1n) is 17.9. The Balaban J connectivity index is 3.88. The van der Waals surface area contributed by atoms with Gasteiger partial charge in [-0.1, -0.05) is 127 Å². The number of rotatable bonds is 31. The Kier molecular flexibility index (Phi) is 30.8. The topological polar surface area (TPSA) is 110 Å². The van der Waals surface area contributed by atoms with Gasteiger partial charge in [-0.05, 0) is 70.6 Å². The van der Waals surface area contributed by atoms with Gasteiger partial charge in [0, 0.05) is 0 Å². The minimum atomic E-state index is -1.29. The largest absolute Gasteiger partial charge is 0.394 e. The van der Waals surface area contributed by atoms with Crippen LogP contribution in [-0.2, 0) is 4.79 Å². The second-order valence-corrected chi connectivity index (χ2v) is 12.2. The molecule has 0 saturated heterocycles. The second-order valence-electron chi connectivity index (χ2n) is 12.2. The lowest BCUT2D eigenvalue weighted by Crippen LogP contribution is -2.53. The molecule has 0 heterocycles. The van der Waals surface area contributed by atoms with E-state index in [1.807, 2.05) is 0 Å². The molecule has 0 saturated carbocycles. The standard InChI is InChI=1S/C37H69NO5/c1-3-5-7-9-11-13-15-16-17-18-19-20-21-23-25-27-29-31-35(41)37(43)38-33(32-39)36(42)34(40)30-28-26-24-22-14-12-10-8-6-4-2/h8,10,19-20,22,24,33-36,39-42H,3-7,9,11-18,21,23,25-32H2,1-2H3,(H,38,43)/b10-8+,20-19-,24-22+. The van der Waals surface area contributed by atoms with Gasteiger partial charge in [0.05, 0.1) is 18.8 Å². The summed E-state index contributed by atoms with van der Waals surface area (Å²) in [6.45, 7) is 3.92. The van der Waals surface area contributed by atoms with Crippen molar-refractivity contribution in [3.63, 3.8) is 0 Å². The molecule has 6 heteroatoms. The third kappa shape index (κ3) is 26.6. The van der Waals surface area contributed by atoms with Crippen LogP contribution in [0.25, 0.3) is 0 Å². The first kappa shape index (κ1) is 41.5. The molecule has 4 atom stereocenters. The number of amides is 1. The number of allylic oxidation sites excluding steroid dienone is 6. The Hall–Kier alpha value is -1.47. The number of carbonyl (C=O) groups is 1. The van der Waals surface area contributed by atoms with Crippen molar-refractivity contribution in [3.05, 3.63) is 36.5 Å². The minimum Gasteiger partial charge on any atom is -0.394 e. The number of aliphatic hydroxyl groups is 4. The summed E-state index contributed by atoms with van der Waals surface area (Å²) in [7, 11) is 0. The zero-order chi connectivity index (χ0) is 31.8. The summed E-state index contributed by atoms with van der Waals surface area (Å²) in [4.78, 5) is 12.4. The molecular weight excluding hydrogens is 538 g/mol. The lowest BCUT2D eigenvalue weighted by molar-refractivity contribution is -0.132. The molecule has 0 aromatic heterocycles. The zero-order valence-electron chi connectivity index (χ0n) is 27.9. The summed E-state index contributed by atoms with van der Waals surface area (Å²) in [5.41, 5.74) is 0. The first-order valence-corrected chi connectivity index (χ1v) is 17.9. The Labute approximate surface area is 265 Å². The van der Waals surface area contributed by atoms with Gasteiger partial charge in [-0.25, -0.2) is 0 Å². The van der Waals surface area contributed by atoms with Crippen LogP contribution < -0.4 is 5.32 Å². The molecule has 252 valence electrons. The molecule has 0 aliphatic carbocycles. The van der Waals surface area contributed by atoms with Crippen LogP contribution in [0.4, 0.5) is 0 Å². The van der Waals surface area contributed by atoms with Gasteiger partial charge in [0.25, 0.3) is 0 Å². The highest BCUT2D eigenvalue weighted by atomic mass is 16.3. The van der Waals surface area contributed by atoms with E-state index >= 15 is 0 Å². The Bertz CT molecular complexity index is 692. The molecule has 6 nitrogen and oxygen atoms in total. The molecule has 0 aromatic carbocycles. The molecule has 1 amide bonds. The maximum atomic E-state index is 12.4. The SMILES string of the molecule is CCC/C=C/CC/C=C/CCCC(O)C(O)C(CO)NC(=O)C(O)CCCCCC/C=C\CCCCCCCCCCC. The average molecular weight is 608 g/mol. The van der Waals surface area contributed by atoms with Crippen LogP contribution in [0.5, 0.6) is 0 Å². The van der Waals surface area contributed by atoms with Crippen molar-refractivity contribution in [3.8, 4) is 0 Å². The molecule has 0 fully saturated rings. The van der Waals surface area contributed by atoms with E-state index in [-0.39, 0.29) is 0 Å². The fourth-order valence-electron chi connectivity index (χ4n) is 5.13. The Morgan fingerprint density at radius 3 is 1.56 bits per heavy atom. The average Bonchev–Trinajstić information content (AvgIpc) is 3.01. The van der Waals surface area contributed by atoms with Crippen molar-refractivity contribution in [2.75, 3.05) is 6.61 Å². The highest BCUT2D eigenvalue weighted by Gasteiger charge is 2.28. The summed E-state index contributed by atoms with van der Waals surface area (Å²) in [6, 6.07) is -1.01. The van der Waals surface area contributed by atoms with Crippen molar-refractivity contribution >= 4 is 5.91 Å². The molecule has 5 N–H and O–H groups in total. The molecular formula is C37H69NO5. The smallest absolute Gasteiger partial charge is 0.249 e. The first-order chi connectivity index (χ1) is 21.0. The van der Waals surface area contributed by atoms with Crippen LogP contribution in [0, 0.1) is 0 Å². The Morgan fingerprint density at radius 1 is 0.558 bits per heavy atom. The van der Waals surface area contributed by atoms with Crippen LogP contribution in [0.3, 0.4) is 0 Å². The van der Waals surface area contributed by atoms with Crippen LogP contribution in [0.15, 0.2) is 36.5 Å². The van der Waals surface area contributed by atoms with E-state index in [0.717, 1.165) is 57.8 Å². The lowest BCUT2D eigenvalue weighted by Gasteiger charge is -2.27. The van der Waals surface area contributed by atoms with Crippen molar-refractivity contribution in [1.82, 2.24) is 5.32 Å². The number of unbranched alkanes of at least 4 members (excludes halogenated alkanes) is 16. The number of nitrogens with one attached hydrogen (secondary N) is 1. The van der Waals surface area contributed by atoms with E-state index in [4.69, 9.17) is 0 Å². The van der Waals surface area contributed by atoms with E-state index < -0.39 is 36.9 Å². The zero-order valence-corrected chi connectivity index (χ0v) is 27.9. The van der Waals surface area contributed by atoms with E-state index in [0.29, 0.717) is 19.3 Å². The van der Waals surface area contributed by atoms with Crippen LogP contribution in [0.2, 0.25) is 0 Å². The summed E-state index contributed by atoms with van der Waals surface area (Å²) in [6.07, 6.45) is 34.6. The van der Waals surface area contributed by atoms with Crippen molar-refractivity contribution in [2.24, 2.45) is 0 Å². The van der Waals surface area contributed by atoms with Crippen molar-refractivity contribution in [1.29, 1.82) is 0 Å². The van der Waals surface area contributed by atoms with E-state index in [1.54, 1.807) is 0 Å². The third-order valence-electron chi connectivity index (χ3n) is 8.03. The highest BCUT2D eigenvalue weighted by molar-refractivity contribution is 5.80. The van der Waals surface area contributed by atoms with Gasteiger partial charge in [-0.3, -0.25) is 4.79 Å².